The molecule has 0 spiro atoms. The molecular formula is C17H16N2O4. The zero-order chi connectivity index (χ0) is 17.0. The van der Waals surface area contributed by atoms with Crippen LogP contribution in [0.5, 0.6) is 0 Å². The van der Waals surface area contributed by atoms with Crippen LogP contribution in [0.4, 0.5) is 11.4 Å². The number of rotatable bonds is 4. The molecule has 0 aromatic heterocycles. The number of anilines is 2. The molecule has 0 unspecified atom stereocenters. The summed E-state index contributed by atoms with van der Waals surface area (Å²) in [5, 5.41) is 0. The second-order valence-corrected chi connectivity index (χ2v) is 4.86. The van der Waals surface area contributed by atoms with E-state index in [9.17, 15) is 14.4 Å². The molecule has 0 fully saturated rings. The van der Waals surface area contributed by atoms with Crippen LogP contribution in [0, 0.1) is 6.92 Å². The lowest BCUT2D eigenvalue weighted by atomic mass is 10.1. The second kappa shape index (κ2) is 6.74. The van der Waals surface area contributed by atoms with Gasteiger partial charge in [-0.1, -0.05) is 12.1 Å². The summed E-state index contributed by atoms with van der Waals surface area (Å²) in [7, 11) is 1.28. The molecule has 0 aliphatic carbocycles. The minimum atomic E-state index is -0.526. The maximum Gasteiger partial charge on any atom is 0.337 e. The first-order valence-electron chi connectivity index (χ1n) is 6.82. The van der Waals surface area contributed by atoms with Crippen molar-refractivity contribution in [1.82, 2.24) is 0 Å². The molecule has 0 aliphatic rings. The summed E-state index contributed by atoms with van der Waals surface area (Å²) in [6.45, 7) is 1.74. The first-order chi connectivity index (χ1) is 11.0. The SMILES string of the molecule is COC(=O)c1ccc(N(C=O)C(=O)c2c(C)cccc2N)cc1. The molecule has 6 nitrogen and oxygen atoms in total. The number of amides is 2. The lowest BCUT2D eigenvalue weighted by Gasteiger charge is -2.18. The van der Waals surface area contributed by atoms with Gasteiger partial charge < -0.3 is 10.5 Å². The minimum absolute atomic E-state index is 0.275. The van der Waals surface area contributed by atoms with Gasteiger partial charge in [0.15, 0.2) is 0 Å². The number of methoxy groups -OCH3 is 1. The Morgan fingerprint density at radius 1 is 1.13 bits per heavy atom. The first-order valence-corrected chi connectivity index (χ1v) is 6.82. The molecule has 0 aliphatic heterocycles. The van der Waals surface area contributed by atoms with Crippen molar-refractivity contribution in [1.29, 1.82) is 0 Å². The number of nitrogens with two attached hydrogens (primary N) is 1. The summed E-state index contributed by atoms with van der Waals surface area (Å²) >= 11 is 0. The smallest absolute Gasteiger partial charge is 0.337 e. The molecule has 6 heteroatoms. The molecule has 2 N–H and O–H groups in total. The highest BCUT2D eigenvalue weighted by molar-refractivity contribution is 6.18. The fourth-order valence-corrected chi connectivity index (χ4v) is 2.21. The van der Waals surface area contributed by atoms with Crippen LogP contribution in [0.15, 0.2) is 42.5 Å². The van der Waals surface area contributed by atoms with Crippen LogP contribution in [0.2, 0.25) is 0 Å². The Bertz CT molecular complexity index is 733. The molecule has 0 saturated carbocycles. The zero-order valence-corrected chi connectivity index (χ0v) is 12.8. The number of imide groups is 1. The van der Waals surface area contributed by atoms with Crippen LogP contribution < -0.4 is 10.6 Å². The number of nitrogen functional groups attached to an aromatic ring is 1. The standard InChI is InChI=1S/C17H16N2O4/c1-11-4-3-5-14(18)15(11)16(21)19(10-20)13-8-6-12(7-9-13)17(22)23-2/h3-10H,18H2,1-2H3. The average molecular weight is 312 g/mol. The highest BCUT2D eigenvalue weighted by Crippen LogP contribution is 2.22. The number of hydrogen-bond acceptors (Lipinski definition) is 5. The van der Waals surface area contributed by atoms with Gasteiger partial charge in [-0.25, -0.2) is 9.69 Å². The Morgan fingerprint density at radius 2 is 1.78 bits per heavy atom. The van der Waals surface area contributed by atoms with Gasteiger partial charge >= 0.3 is 5.97 Å². The fraction of sp³-hybridized carbons (Fsp3) is 0.118. The Hall–Kier alpha value is -3.15. The number of carbonyl (C=O) groups is 3. The van der Waals surface area contributed by atoms with Gasteiger partial charge in [-0.15, -0.1) is 0 Å². The normalized spacial score (nSPS) is 10.0. The highest BCUT2D eigenvalue weighted by Gasteiger charge is 2.21. The van der Waals surface area contributed by atoms with Crippen molar-refractivity contribution < 1.29 is 19.1 Å². The predicted octanol–water partition coefficient (Wildman–Crippen LogP) is 2.17. The van der Waals surface area contributed by atoms with E-state index in [0.717, 1.165) is 4.90 Å². The van der Waals surface area contributed by atoms with Crippen LogP contribution in [0.25, 0.3) is 0 Å². The van der Waals surface area contributed by atoms with Crippen molar-refractivity contribution in [3.05, 3.63) is 59.2 Å². The molecule has 0 heterocycles. The summed E-state index contributed by atoms with van der Waals surface area (Å²) in [5.41, 5.74) is 7.76. The quantitative estimate of drug-likeness (QED) is 0.531. The van der Waals surface area contributed by atoms with Gasteiger partial charge in [0, 0.05) is 5.69 Å². The lowest BCUT2D eigenvalue weighted by Crippen LogP contribution is -2.30. The fourth-order valence-electron chi connectivity index (χ4n) is 2.21. The van der Waals surface area contributed by atoms with E-state index in [-0.39, 0.29) is 5.56 Å². The number of ether oxygens (including phenoxy) is 1. The van der Waals surface area contributed by atoms with E-state index in [1.54, 1.807) is 25.1 Å². The largest absolute Gasteiger partial charge is 0.465 e. The van der Waals surface area contributed by atoms with E-state index >= 15 is 0 Å². The predicted molar refractivity (Wildman–Crippen MR) is 86.2 cm³/mol. The van der Waals surface area contributed by atoms with Gasteiger partial charge in [-0.3, -0.25) is 9.59 Å². The van der Waals surface area contributed by atoms with E-state index in [1.807, 2.05) is 0 Å². The molecule has 2 rings (SSSR count). The molecular weight excluding hydrogens is 296 g/mol. The van der Waals surface area contributed by atoms with Crippen LogP contribution in [0.3, 0.4) is 0 Å². The second-order valence-electron chi connectivity index (χ2n) is 4.86. The van der Waals surface area contributed by atoms with Gasteiger partial charge in [-0.05, 0) is 42.8 Å². The number of esters is 1. The number of nitrogens with zero attached hydrogens (tertiary/aromatic N) is 1. The number of benzene rings is 2. The summed E-state index contributed by atoms with van der Waals surface area (Å²) in [5.74, 6) is -1.02. The van der Waals surface area contributed by atoms with E-state index in [0.29, 0.717) is 28.9 Å². The van der Waals surface area contributed by atoms with E-state index in [4.69, 9.17) is 5.73 Å². The molecule has 0 radical (unpaired) electrons. The highest BCUT2D eigenvalue weighted by atomic mass is 16.5. The van der Waals surface area contributed by atoms with Gasteiger partial charge in [-0.2, -0.15) is 0 Å². The Morgan fingerprint density at radius 3 is 2.30 bits per heavy atom. The zero-order valence-electron chi connectivity index (χ0n) is 12.8. The van der Waals surface area contributed by atoms with Gasteiger partial charge in [0.25, 0.3) is 5.91 Å². The maximum absolute atomic E-state index is 12.6. The van der Waals surface area contributed by atoms with Crippen LogP contribution in [-0.2, 0) is 9.53 Å². The molecule has 2 aromatic rings. The average Bonchev–Trinajstić information content (AvgIpc) is 2.55. The minimum Gasteiger partial charge on any atom is -0.465 e. The third-order valence-corrected chi connectivity index (χ3v) is 3.41. The Kier molecular flexibility index (Phi) is 4.75. The molecule has 0 bridgehead atoms. The lowest BCUT2D eigenvalue weighted by molar-refractivity contribution is -0.106. The van der Waals surface area contributed by atoms with E-state index < -0.39 is 11.9 Å². The summed E-state index contributed by atoms with van der Waals surface area (Å²) < 4.78 is 4.61. The Labute approximate surface area is 133 Å². The molecule has 0 saturated heterocycles. The maximum atomic E-state index is 12.6. The van der Waals surface area contributed by atoms with Crippen LogP contribution in [0.1, 0.15) is 26.3 Å². The third-order valence-electron chi connectivity index (χ3n) is 3.41. The Balaban J connectivity index is 2.38. The van der Waals surface area contributed by atoms with Gasteiger partial charge in [0.2, 0.25) is 6.41 Å². The number of hydrogen-bond donors (Lipinski definition) is 1. The summed E-state index contributed by atoms with van der Waals surface area (Å²) in [6, 6.07) is 11.0. The topological polar surface area (TPSA) is 89.7 Å². The van der Waals surface area contributed by atoms with Crippen molar-refractivity contribution in [2.75, 3.05) is 17.7 Å². The summed E-state index contributed by atoms with van der Waals surface area (Å²) in [4.78, 5) is 36.4. The number of aryl methyl sites for hydroxylation is 1. The van der Waals surface area contributed by atoms with Crippen molar-refractivity contribution in [3.63, 3.8) is 0 Å². The van der Waals surface area contributed by atoms with Crippen LogP contribution >= 0.6 is 0 Å². The van der Waals surface area contributed by atoms with Crippen LogP contribution in [-0.4, -0.2) is 25.4 Å². The summed E-state index contributed by atoms with van der Waals surface area (Å²) in [6.07, 6.45) is 0.418. The van der Waals surface area contributed by atoms with Gasteiger partial charge in [0.1, 0.15) is 0 Å². The first kappa shape index (κ1) is 16.2. The van der Waals surface area contributed by atoms with E-state index in [1.165, 1.54) is 31.4 Å². The number of carbonyl (C=O) groups excluding carboxylic acids is 3. The molecule has 0 atom stereocenters. The molecule has 23 heavy (non-hydrogen) atoms. The van der Waals surface area contributed by atoms with Crippen molar-refractivity contribution in [3.8, 4) is 0 Å². The van der Waals surface area contributed by atoms with E-state index in [2.05, 4.69) is 4.74 Å². The monoisotopic (exact) mass is 312 g/mol. The molecule has 2 aromatic carbocycles. The molecule has 2 amide bonds. The van der Waals surface area contributed by atoms with Crippen molar-refractivity contribution >= 4 is 29.7 Å². The van der Waals surface area contributed by atoms with Crippen molar-refractivity contribution in [2.45, 2.75) is 6.92 Å². The third kappa shape index (κ3) is 3.21. The molecule has 118 valence electrons. The van der Waals surface area contributed by atoms with Gasteiger partial charge in [0.05, 0.1) is 23.9 Å². The van der Waals surface area contributed by atoms with Crippen molar-refractivity contribution in [2.24, 2.45) is 0 Å².